The van der Waals surface area contributed by atoms with Crippen molar-refractivity contribution in [2.45, 2.75) is 45.6 Å². The van der Waals surface area contributed by atoms with Crippen LogP contribution in [0.1, 0.15) is 37.1 Å². The largest absolute Gasteiger partial charge is 0.326 e. The van der Waals surface area contributed by atoms with Crippen LogP contribution in [0.4, 0.5) is 11.4 Å². The van der Waals surface area contributed by atoms with Gasteiger partial charge in [0.15, 0.2) is 5.82 Å². The van der Waals surface area contributed by atoms with E-state index in [1.165, 1.54) is 6.42 Å². The lowest BCUT2D eigenvalue weighted by Gasteiger charge is -2.17. The number of amides is 2. The molecule has 2 aromatic carbocycles. The lowest BCUT2D eigenvalue weighted by atomic mass is 10.1. The highest BCUT2D eigenvalue weighted by Crippen LogP contribution is 2.27. The molecule has 0 spiro atoms. The van der Waals surface area contributed by atoms with Crippen LogP contribution in [0.2, 0.25) is 0 Å². The molecule has 0 aliphatic carbocycles. The van der Waals surface area contributed by atoms with Gasteiger partial charge in [0.2, 0.25) is 11.8 Å². The van der Waals surface area contributed by atoms with E-state index in [4.69, 9.17) is 0 Å². The van der Waals surface area contributed by atoms with Crippen LogP contribution in [-0.2, 0) is 22.6 Å². The highest BCUT2D eigenvalue weighted by molar-refractivity contribution is 6.03. The SMILES string of the molecule is Cc1ccc(N2CC(C(=O)Nc3ccc(-c4nnc5n4CCCCC5)cc3)CC2=O)cc1. The van der Waals surface area contributed by atoms with E-state index in [0.29, 0.717) is 6.54 Å². The van der Waals surface area contributed by atoms with Gasteiger partial charge in [-0.2, -0.15) is 0 Å². The van der Waals surface area contributed by atoms with E-state index in [1.54, 1.807) is 4.90 Å². The monoisotopic (exact) mass is 429 g/mol. The molecule has 164 valence electrons. The molecule has 3 aromatic rings. The van der Waals surface area contributed by atoms with Crippen molar-refractivity contribution in [1.82, 2.24) is 14.8 Å². The number of hydrogen-bond acceptors (Lipinski definition) is 4. The number of nitrogens with one attached hydrogen (secondary N) is 1. The zero-order valence-electron chi connectivity index (χ0n) is 18.3. The highest BCUT2D eigenvalue weighted by atomic mass is 16.2. The van der Waals surface area contributed by atoms with Crippen molar-refractivity contribution in [3.8, 4) is 11.4 Å². The average Bonchev–Trinajstić information content (AvgIpc) is 3.30. The Hall–Kier alpha value is -3.48. The van der Waals surface area contributed by atoms with Crippen LogP contribution < -0.4 is 10.2 Å². The van der Waals surface area contributed by atoms with Crippen LogP contribution in [-0.4, -0.2) is 33.1 Å². The van der Waals surface area contributed by atoms with Gasteiger partial charge in [0.25, 0.3) is 0 Å². The van der Waals surface area contributed by atoms with Crippen molar-refractivity contribution >= 4 is 23.2 Å². The molecule has 1 saturated heterocycles. The van der Waals surface area contributed by atoms with Gasteiger partial charge in [0, 0.05) is 42.9 Å². The zero-order chi connectivity index (χ0) is 22.1. The van der Waals surface area contributed by atoms with Gasteiger partial charge in [-0.1, -0.05) is 24.1 Å². The van der Waals surface area contributed by atoms with Crippen molar-refractivity contribution in [2.24, 2.45) is 5.92 Å². The molecule has 3 heterocycles. The number of carbonyl (C=O) groups excluding carboxylic acids is 2. The molecule has 7 nitrogen and oxygen atoms in total. The molecular formula is C25H27N5O2. The summed E-state index contributed by atoms with van der Waals surface area (Å²) in [5.41, 5.74) is 3.69. The van der Waals surface area contributed by atoms with Crippen molar-refractivity contribution in [3.05, 3.63) is 59.9 Å². The normalized spacial score (nSPS) is 18.3. The predicted octanol–water partition coefficient (Wildman–Crippen LogP) is 3.97. The molecule has 7 heteroatoms. The van der Waals surface area contributed by atoms with Gasteiger partial charge in [-0.05, 0) is 56.2 Å². The number of nitrogens with zero attached hydrogens (tertiary/aromatic N) is 4. The highest BCUT2D eigenvalue weighted by Gasteiger charge is 2.35. The third-order valence-corrected chi connectivity index (χ3v) is 6.36. The summed E-state index contributed by atoms with van der Waals surface area (Å²) in [7, 11) is 0. The summed E-state index contributed by atoms with van der Waals surface area (Å²) in [4.78, 5) is 27.0. The number of rotatable bonds is 4. The van der Waals surface area contributed by atoms with Gasteiger partial charge in [-0.3, -0.25) is 9.59 Å². The van der Waals surface area contributed by atoms with Crippen LogP contribution in [0, 0.1) is 12.8 Å². The first-order valence-corrected chi connectivity index (χ1v) is 11.3. The lowest BCUT2D eigenvalue weighted by molar-refractivity contribution is -0.122. The topological polar surface area (TPSA) is 80.1 Å². The second-order valence-corrected chi connectivity index (χ2v) is 8.71. The molecule has 5 rings (SSSR count). The Morgan fingerprint density at radius 1 is 1.00 bits per heavy atom. The Kier molecular flexibility index (Phi) is 5.47. The first-order chi connectivity index (χ1) is 15.6. The molecule has 1 atom stereocenters. The number of fused-ring (bicyclic) bond motifs is 1. The van der Waals surface area contributed by atoms with Gasteiger partial charge < -0.3 is 14.8 Å². The Morgan fingerprint density at radius 2 is 1.78 bits per heavy atom. The number of aromatic nitrogens is 3. The average molecular weight is 430 g/mol. The third-order valence-electron chi connectivity index (χ3n) is 6.36. The predicted molar refractivity (Wildman–Crippen MR) is 123 cm³/mol. The molecule has 2 aliphatic rings. The molecule has 2 aliphatic heterocycles. The van der Waals surface area contributed by atoms with Gasteiger partial charge in [-0.25, -0.2) is 0 Å². The second-order valence-electron chi connectivity index (χ2n) is 8.71. The minimum atomic E-state index is -0.365. The Balaban J connectivity index is 1.25. The summed E-state index contributed by atoms with van der Waals surface area (Å²) in [6.45, 7) is 3.36. The molecule has 0 radical (unpaired) electrons. The Bertz CT molecular complexity index is 1130. The van der Waals surface area contributed by atoms with E-state index >= 15 is 0 Å². The van der Waals surface area contributed by atoms with Crippen molar-refractivity contribution < 1.29 is 9.59 Å². The first-order valence-electron chi connectivity index (χ1n) is 11.3. The molecule has 0 saturated carbocycles. The van der Waals surface area contributed by atoms with Gasteiger partial charge in [-0.15, -0.1) is 10.2 Å². The fraction of sp³-hybridized carbons (Fsp3) is 0.360. The molecule has 0 bridgehead atoms. The van der Waals surface area contributed by atoms with Crippen LogP contribution in [0.25, 0.3) is 11.4 Å². The summed E-state index contributed by atoms with van der Waals surface area (Å²) in [5, 5.41) is 11.7. The number of hydrogen-bond donors (Lipinski definition) is 1. The maximum absolute atomic E-state index is 12.8. The molecule has 1 N–H and O–H groups in total. The third kappa shape index (κ3) is 4.02. The summed E-state index contributed by atoms with van der Waals surface area (Å²) < 4.78 is 2.21. The van der Waals surface area contributed by atoms with Crippen LogP contribution in [0.15, 0.2) is 48.5 Å². The van der Waals surface area contributed by atoms with E-state index in [9.17, 15) is 9.59 Å². The summed E-state index contributed by atoms with van der Waals surface area (Å²) in [5.74, 6) is 1.43. The van der Waals surface area contributed by atoms with E-state index < -0.39 is 0 Å². The smallest absolute Gasteiger partial charge is 0.229 e. The molecule has 1 fully saturated rings. The van der Waals surface area contributed by atoms with E-state index in [2.05, 4.69) is 20.1 Å². The fourth-order valence-electron chi connectivity index (χ4n) is 4.50. The number of anilines is 2. The van der Waals surface area contributed by atoms with Crippen LogP contribution in [0.3, 0.4) is 0 Å². The fourth-order valence-corrected chi connectivity index (χ4v) is 4.50. The zero-order valence-corrected chi connectivity index (χ0v) is 18.3. The Morgan fingerprint density at radius 3 is 2.56 bits per heavy atom. The number of benzene rings is 2. The first kappa shape index (κ1) is 20.4. The Labute approximate surface area is 187 Å². The van der Waals surface area contributed by atoms with E-state index in [-0.39, 0.29) is 24.2 Å². The maximum atomic E-state index is 12.8. The maximum Gasteiger partial charge on any atom is 0.229 e. The number of carbonyl (C=O) groups is 2. The molecular weight excluding hydrogens is 402 g/mol. The summed E-state index contributed by atoms with van der Waals surface area (Å²) >= 11 is 0. The van der Waals surface area contributed by atoms with E-state index in [1.807, 2.05) is 55.5 Å². The standard InChI is InChI=1S/C25H27N5O2/c1-17-6-12-21(13-7-17)30-16-19(15-23(30)31)25(32)26-20-10-8-18(9-11-20)24-28-27-22-5-3-2-4-14-29(22)24/h6-13,19H,2-5,14-16H2,1H3,(H,26,32). The molecule has 2 amide bonds. The minimum Gasteiger partial charge on any atom is -0.326 e. The summed E-state index contributed by atoms with van der Waals surface area (Å²) in [6.07, 6.45) is 4.73. The second kappa shape index (κ2) is 8.57. The lowest BCUT2D eigenvalue weighted by Crippen LogP contribution is -2.28. The quantitative estimate of drug-likeness (QED) is 0.681. The molecule has 1 unspecified atom stereocenters. The van der Waals surface area contributed by atoms with Crippen molar-refractivity contribution in [3.63, 3.8) is 0 Å². The van der Waals surface area contributed by atoms with Gasteiger partial charge in [0.05, 0.1) is 5.92 Å². The van der Waals surface area contributed by atoms with Gasteiger partial charge >= 0.3 is 0 Å². The molecule has 1 aromatic heterocycles. The summed E-state index contributed by atoms with van der Waals surface area (Å²) in [6, 6.07) is 15.5. The van der Waals surface area contributed by atoms with E-state index in [0.717, 1.165) is 60.0 Å². The molecule has 32 heavy (non-hydrogen) atoms. The van der Waals surface area contributed by atoms with Crippen molar-refractivity contribution in [2.75, 3.05) is 16.8 Å². The van der Waals surface area contributed by atoms with Crippen LogP contribution in [0.5, 0.6) is 0 Å². The van der Waals surface area contributed by atoms with Crippen molar-refractivity contribution in [1.29, 1.82) is 0 Å². The van der Waals surface area contributed by atoms with Crippen LogP contribution >= 0.6 is 0 Å². The number of aryl methyl sites for hydroxylation is 2. The van der Waals surface area contributed by atoms with Gasteiger partial charge in [0.1, 0.15) is 5.82 Å². The minimum absolute atomic E-state index is 0.0168.